The van der Waals surface area contributed by atoms with Gasteiger partial charge in [0.25, 0.3) is 0 Å². The highest BCUT2D eigenvalue weighted by atomic mass is 14.1. The van der Waals surface area contributed by atoms with Crippen LogP contribution in [0.15, 0.2) is 60.7 Å². The van der Waals surface area contributed by atoms with Crippen LogP contribution < -0.4 is 0 Å². The molecule has 0 spiro atoms. The Morgan fingerprint density at radius 3 is 0.688 bits per heavy atom. The highest BCUT2D eigenvalue weighted by molar-refractivity contribution is 6.22. The summed E-state index contributed by atoms with van der Waals surface area (Å²) in [6, 6.07) is 21.9. The fourth-order valence-corrected chi connectivity index (χ4v) is 2.67. The van der Waals surface area contributed by atoms with Gasteiger partial charge < -0.3 is 0 Å². The van der Waals surface area contributed by atoms with Crippen LogP contribution in [-0.4, -0.2) is 0 Å². The van der Waals surface area contributed by atoms with Gasteiger partial charge in [-0.15, -0.1) is 0 Å². The minimum absolute atomic E-state index is 0. The van der Waals surface area contributed by atoms with Gasteiger partial charge in [0.15, 0.2) is 0 Å². The van der Waals surface area contributed by atoms with Crippen LogP contribution >= 0.6 is 0 Å². The first-order chi connectivity index (χ1) is 12.3. The molecule has 0 heteroatoms. The second-order valence-electron chi connectivity index (χ2n) is 5.00. The second kappa shape index (κ2) is 31.1. The number of hydrogen-bond acceptors (Lipinski definition) is 0. The molecule has 0 saturated heterocycles. The third-order valence-corrected chi connectivity index (χ3v) is 3.39. The average Bonchev–Trinajstić information content (AvgIpc) is 2.71. The normalized spacial score (nSPS) is 7.00. The Morgan fingerprint density at radius 2 is 0.531 bits per heavy atom. The van der Waals surface area contributed by atoms with Gasteiger partial charge in [-0.25, -0.2) is 0 Å². The molecule has 0 radical (unpaired) electrons. The van der Waals surface area contributed by atoms with E-state index in [0.717, 1.165) is 0 Å². The van der Waals surface area contributed by atoms with Crippen molar-refractivity contribution in [2.45, 2.75) is 114 Å². The van der Waals surface area contributed by atoms with Crippen molar-refractivity contribution in [3.8, 4) is 0 Å². The highest BCUT2D eigenvalue weighted by Gasteiger charge is 2.05. The van der Waals surface area contributed by atoms with Crippen LogP contribution in [-0.2, 0) is 0 Å². The molecule has 4 rings (SSSR count). The molecule has 0 aliphatic heterocycles. The molecule has 0 aliphatic rings. The van der Waals surface area contributed by atoms with E-state index >= 15 is 0 Å². The Morgan fingerprint density at radius 1 is 0.375 bits per heavy atom. The summed E-state index contributed by atoms with van der Waals surface area (Å²) in [7, 11) is 0. The maximum Gasteiger partial charge on any atom is -0.00268 e. The van der Waals surface area contributed by atoms with Crippen molar-refractivity contribution >= 4 is 32.3 Å². The molecule has 0 aromatic heterocycles. The van der Waals surface area contributed by atoms with E-state index < -0.39 is 0 Å². The van der Waals surface area contributed by atoms with Crippen molar-refractivity contribution < 1.29 is 0 Å². The second-order valence-corrected chi connectivity index (χ2v) is 5.00. The number of hydrogen-bond donors (Lipinski definition) is 0. The van der Waals surface area contributed by atoms with Gasteiger partial charge in [-0.3, -0.25) is 0 Å². The van der Waals surface area contributed by atoms with Crippen LogP contribution in [0.2, 0.25) is 0 Å². The largest absolute Gasteiger partial charge is 0.0776 e. The van der Waals surface area contributed by atoms with Crippen LogP contribution in [0.1, 0.15) is 114 Å². The maximum atomic E-state index is 2.21. The topological polar surface area (TPSA) is 0 Å². The summed E-state index contributed by atoms with van der Waals surface area (Å²) in [6.07, 6.45) is 1.25. The van der Waals surface area contributed by atoms with Gasteiger partial charge in [0.2, 0.25) is 0 Å². The molecule has 32 heavy (non-hydrogen) atoms. The summed E-state index contributed by atoms with van der Waals surface area (Å²) in [5, 5.41) is 8.14. The molecule has 0 nitrogen and oxygen atoms in total. The molecule has 4 aromatic carbocycles. The molecule has 0 heterocycles. The lowest BCUT2D eigenvalue weighted by Gasteiger charge is -2.09. The lowest BCUT2D eigenvalue weighted by molar-refractivity contribution is 1.09. The summed E-state index contributed by atoms with van der Waals surface area (Å²) < 4.78 is 0. The summed E-state index contributed by atoms with van der Waals surface area (Å²) >= 11 is 0. The predicted molar refractivity (Wildman–Crippen MR) is 167 cm³/mol. The molecule has 4 aromatic rings. The van der Waals surface area contributed by atoms with Gasteiger partial charge in [0.05, 0.1) is 0 Å². The average molecular weight is 449 g/mol. The van der Waals surface area contributed by atoms with Crippen molar-refractivity contribution in [2.24, 2.45) is 0 Å². The standard InChI is InChI=1S/C16H10.C3H8.3C2H6.7CH4/c1-3-11-7-9-13-5-2-6-14-10-8-12(4-1)15(11)16(13)14;1-3-2;3*1-2;;;;;;;/h1-10H;3H2,1-2H3;3*1-2H3;7*1H4. The summed E-state index contributed by atoms with van der Waals surface area (Å²) in [4.78, 5) is 0. The van der Waals surface area contributed by atoms with Gasteiger partial charge >= 0.3 is 0 Å². The predicted octanol–water partition coefficient (Wildman–Crippen LogP) is 13.5. The highest BCUT2D eigenvalue weighted by Crippen LogP contribution is 2.33. The van der Waals surface area contributed by atoms with Crippen molar-refractivity contribution in [1.82, 2.24) is 0 Å². The lowest BCUT2D eigenvalue weighted by atomic mass is 9.95. The van der Waals surface area contributed by atoms with E-state index in [1.807, 2.05) is 41.5 Å². The van der Waals surface area contributed by atoms with E-state index in [9.17, 15) is 0 Å². The van der Waals surface area contributed by atoms with Crippen LogP contribution in [0.5, 0.6) is 0 Å². The van der Waals surface area contributed by atoms with E-state index in [0.29, 0.717) is 0 Å². The lowest BCUT2D eigenvalue weighted by Crippen LogP contribution is -1.82. The minimum Gasteiger partial charge on any atom is -0.0776 e. The first kappa shape index (κ1) is 52.1. The maximum absolute atomic E-state index is 2.21. The molecule has 0 atom stereocenters. The smallest absolute Gasteiger partial charge is 0.00268 e. The Hall–Kier alpha value is -2.08. The van der Waals surface area contributed by atoms with Gasteiger partial charge in [0.1, 0.15) is 0 Å². The Balaban J connectivity index is -0.0000000543. The van der Waals surface area contributed by atoms with Crippen molar-refractivity contribution in [2.75, 3.05) is 0 Å². The van der Waals surface area contributed by atoms with Crippen LogP contribution in [0.4, 0.5) is 0 Å². The van der Waals surface area contributed by atoms with Crippen LogP contribution in [0, 0.1) is 0 Å². The quantitative estimate of drug-likeness (QED) is 0.234. The molecule has 0 amide bonds. The first-order valence-corrected chi connectivity index (χ1v) is 9.97. The Bertz CT molecular complexity index is 682. The zero-order valence-electron chi connectivity index (χ0n) is 17.5. The minimum atomic E-state index is 0. The fourth-order valence-electron chi connectivity index (χ4n) is 2.67. The van der Waals surface area contributed by atoms with Crippen LogP contribution in [0.3, 0.4) is 0 Å². The molecular formula is C32H64. The molecule has 0 bridgehead atoms. The third kappa shape index (κ3) is 12.7. The molecule has 0 N–H and O–H groups in total. The van der Waals surface area contributed by atoms with E-state index in [-0.39, 0.29) is 52.0 Å². The SMILES string of the molecule is C.C.C.C.C.C.C.CC.CC.CC.CCC.c1cc2ccc3cccc4ccc(c1)c2c34. The van der Waals surface area contributed by atoms with Crippen molar-refractivity contribution in [3.05, 3.63) is 60.7 Å². The summed E-state index contributed by atoms with van der Waals surface area (Å²) in [6.45, 7) is 16.2. The van der Waals surface area contributed by atoms with Gasteiger partial charge in [-0.1, -0.05) is 174 Å². The number of benzene rings is 4. The molecule has 192 valence electrons. The van der Waals surface area contributed by atoms with Crippen molar-refractivity contribution in [3.63, 3.8) is 0 Å². The Labute approximate surface area is 206 Å². The zero-order chi connectivity index (χ0) is 19.2. The van der Waals surface area contributed by atoms with E-state index in [1.165, 1.54) is 38.7 Å². The van der Waals surface area contributed by atoms with Crippen LogP contribution in [0.25, 0.3) is 32.3 Å². The third-order valence-electron chi connectivity index (χ3n) is 3.39. The fraction of sp³-hybridized carbons (Fsp3) is 0.500. The Kier molecular flexibility index (Phi) is 50.6. The molecule has 0 unspecified atom stereocenters. The van der Waals surface area contributed by atoms with Gasteiger partial charge in [-0.2, -0.15) is 0 Å². The van der Waals surface area contributed by atoms with Gasteiger partial charge in [0, 0.05) is 0 Å². The number of rotatable bonds is 0. The monoisotopic (exact) mass is 449 g/mol. The van der Waals surface area contributed by atoms with E-state index in [4.69, 9.17) is 0 Å². The van der Waals surface area contributed by atoms with Gasteiger partial charge in [-0.05, 0) is 32.3 Å². The summed E-state index contributed by atoms with van der Waals surface area (Å²) in [5.74, 6) is 0. The molecule has 0 saturated carbocycles. The zero-order valence-corrected chi connectivity index (χ0v) is 17.5. The molecule has 0 aliphatic carbocycles. The van der Waals surface area contributed by atoms with E-state index in [1.54, 1.807) is 0 Å². The first-order valence-electron chi connectivity index (χ1n) is 9.97. The summed E-state index contributed by atoms with van der Waals surface area (Å²) in [5.41, 5.74) is 0. The molecule has 0 fully saturated rings. The van der Waals surface area contributed by atoms with Crippen molar-refractivity contribution in [1.29, 1.82) is 0 Å². The molecular weight excluding hydrogens is 384 g/mol. The van der Waals surface area contributed by atoms with E-state index in [2.05, 4.69) is 74.5 Å².